The molecule has 4 aromatic rings. The van der Waals surface area contributed by atoms with Crippen molar-refractivity contribution in [3.63, 3.8) is 0 Å². The van der Waals surface area contributed by atoms with Crippen LogP contribution in [-0.2, 0) is 4.79 Å². The number of hydrogen-bond acceptors (Lipinski definition) is 6. The van der Waals surface area contributed by atoms with Crippen LogP contribution in [0.3, 0.4) is 0 Å². The Morgan fingerprint density at radius 1 is 1.00 bits per heavy atom. The highest BCUT2D eigenvalue weighted by Crippen LogP contribution is 2.23. The number of carbonyl (C=O) groups is 1. The third-order valence-corrected chi connectivity index (χ3v) is 4.94. The number of aryl methyl sites for hydroxylation is 2. The van der Waals surface area contributed by atoms with Gasteiger partial charge in [0, 0.05) is 17.4 Å². The predicted octanol–water partition coefficient (Wildman–Crippen LogP) is 4.40. The maximum absolute atomic E-state index is 12.2. The van der Waals surface area contributed by atoms with Crippen molar-refractivity contribution in [2.45, 2.75) is 20.8 Å². The molecule has 2 aromatic carbocycles. The molecule has 2 heterocycles. The first-order valence-electron chi connectivity index (χ1n) is 10.1. The topological polar surface area (TPSA) is 91.2 Å². The third-order valence-electron chi connectivity index (χ3n) is 4.94. The maximum Gasteiger partial charge on any atom is 0.262 e. The molecular formula is C24H23N5O3. The van der Waals surface area contributed by atoms with Crippen molar-refractivity contribution in [3.05, 3.63) is 84.2 Å². The number of benzene rings is 2. The van der Waals surface area contributed by atoms with E-state index in [1.54, 1.807) is 36.7 Å². The monoisotopic (exact) mass is 429 g/mol. The van der Waals surface area contributed by atoms with Crippen LogP contribution in [0.4, 0.5) is 5.69 Å². The summed E-state index contributed by atoms with van der Waals surface area (Å²) in [5.41, 5.74) is 3.56. The standard InChI is InChI=1S/C24H23N5O3/c1-16-6-4-5-7-21(16)31-13-23(30)28-19-8-10-20(11-9-19)32-24-12-22(25-14-26-24)29-15-27-17(2)18(29)3/h4-12,14-15H,13H2,1-3H3,(H,28,30). The normalized spacial score (nSPS) is 10.6. The van der Waals surface area contributed by atoms with Gasteiger partial charge in [-0.3, -0.25) is 9.36 Å². The molecule has 0 bridgehead atoms. The fourth-order valence-electron chi connectivity index (χ4n) is 3.03. The molecule has 4 rings (SSSR count). The Morgan fingerprint density at radius 3 is 2.50 bits per heavy atom. The van der Waals surface area contributed by atoms with Crippen LogP contribution in [0.5, 0.6) is 17.4 Å². The minimum Gasteiger partial charge on any atom is -0.483 e. The molecule has 0 fully saturated rings. The predicted molar refractivity (Wildman–Crippen MR) is 120 cm³/mol. The number of nitrogens with one attached hydrogen (secondary N) is 1. The summed E-state index contributed by atoms with van der Waals surface area (Å²) in [6, 6.07) is 16.3. The molecule has 1 N–H and O–H groups in total. The first-order valence-corrected chi connectivity index (χ1v) is 10.1. The van der Waals surface area contributed by atoms with Crippen LogP contribution < -0.4 is 14.8 Å². The van der Waals surface area contributed by atoms with E-state index in [9.17, 15) is 4.79 Å². The van der Waals surface area contributed by atoms with Gasteiger partial charge in [0.05, 0.1) is 5.69 Å². The van der Waals surface area contributed by atoms with Crippen LogP contribution in [0.1, 0.15) is 17.0 Å². The molecule has 0 aliphatic carbocycles. The largest absolute Gasteiger partial charge is 0.483 e. The number of para-hydroxylation sites is 1. The summed E-state index contributed by atoms with van der Waals surface area (Å²) in [5.74, 6) is 2.11. The van der Waals surface area contributed by atoms with E-state index in [1.807, 2.05) is 49.6 Å². The van der Waals surface area contributed by atoms with Gasteiger partial charge in [0.2, 0.25) is 5.88 Å². The van der Waals surface area contributed by atoms with E-state index < -0.39 is 0 Å². The van der Waals surface area contributed by atoms with Gasteiger partial charge in [-0.1, -0.05) is 18.2 Å². The number of hydrogen-bond donors (Lipinski definition) is 1. The minimum absolute atomic E-state index is 0.0695. The Morgan fingerprint density at radius 2 is 1.78 bits per heavy atom. The first-order chi connectivity index (χ1) is 15.5. The average Bonchev–Trinajstić information content (AvgIpc) is 3.13. The van der Waals surface area contributed by atoms with Crippen LogP contribution in [0.2, 0.25) is 0 Å². The number of nitrogens with zero attached hydrogens (tertiary/aromatic N) is 4. The number of amides is 1. The molecule has 0 spiro atoms. The van der Waals surface area contributed by atoms with Crippen LogP contribution in [0, 0.1) is 20.8 Å². The zero-order valence-electron chi connectivity index (χ0n) is 18.1. The quantitative estimate of drug-likeness (QED) is 0.468. The molecule has 2 aromatic heterocycles. The van der Waals surface area contributed by atoms with Gasteiger partial charge >= 0.3 is 0 Å². The number of aromatic nitrogens is 4. The Hall–Kier alpha value is -4.20. The molecule has 8 heteroatoms. The van der Waals surface area contributed by atoms with Crippen molar-refractivity contribution in [1.29, 1.82) is 0 Å². The van der Waals surface area contributed by atoms with E-state index in [1.165, 1.54) is 6.33 Å². The number of carbonyl (C=O) groups excluding carboxylic acids is 1. The van der Waals surface area contributed by atoms with E-state index >= 15 is 0 Å². The average molecular weight is 429 g/mol. The molecular weight excluding hydrogens is 406 g/mol. The highest BCUT2D eigenvalue weighted by molar-refractivity contribution is 5.91. The van der Waals surface area contributed by atoms with Gasteiger partial charge < -0.3 is 14.8 Å². The Kier molecular flexibility index (Phi) is 6.12. The third kappa shape index (κ3) is 4.92. The lowest BCUT2D eigenvalue weighted by atomic mass is 10.2. The summed E-state index contributed by atoms with van der Waals surface area (Å²) in [6.45, 7) is 5.79. The van der Waals surface area contributed by atoms with Crippen LogP contribution in [-0.4, -0.2) is 32.0 Å². The molecule has 162 valence electrons. The summed E-state index contributed by atoms with van der Waals surface area (Å²) in [4.78, 5) is 24.9. The second kappa shape index (κ2) is 9.30. The van der Waals surface area contributed by atoms with Gasteiger partial charge in [-0.2, -0.15) is 0 Å². The van der Waals surface area contributed by atoms with Gasteiger partial charge in [-0.15, -0.1) is 0 Å². The smallest absolute Gasteiger partial charge is 0.262 e. The Labute approximate surface area is 185 Å². The number of anilines is 1. The van der Waals surface area contributed by atoms with Crippen molar-refractivity contribution in [2.24, 2.45) is 0 Å². The molecule has 1 amide bonds. The maximum atomic E-state index is 12.2. The van der Waals surface area contributed by atoms with E-state index in [2.05, 4.69) is 20.3 Å². The lowest BCUT2D eigenvalue weighted by Crippen LogP contribution is -2.20. The van der Waals surface area contributed by atoms with Gasteiger partial charge in [-0.25, -0.2) is 15.0 Å². The minimum atomic E-state index is -0.242. The number of ether oxygens (including phenoxy) is 2. The summed E-state index contributed by atoms with van der Waals surface area (Å²) < 4.78 is 13.3. The zero-order chi connectivity index (χ0) is 22.5. The van der Waals surface area contributed by atoms with Gasteiger partial charge in [0.1, 0.15) is 30.0 Å². The van der Waals surface area contributed by atoms with Crippen LogP contribution in [0.15, 0.2) is 67.3 Å². The highest BCUT2D eigenvalue weighted by atomic mass is 16.5. The molecule has 0 atom stereocenters. The zero-order valence-corrected chi connectivity index (χ0v) is 18.1. The SMILES string of the molecule is Cc1ccccc1OCC(=O)Nc1ccc(Oc2cc(-n3cnc(C)c3C)ncn2)cc1. The van der Waals surface area contributed by atoms with Gasteiger partial charge in [0.15, 0.2) is 6.61 Å². The number of imidazole rings is 1. The van der Waals surface area contributed by atoms with Crippen molar-refractivity contribution < 1.29 is 14.3 Å². The van der Waals surface area contributed by atoms with E-state index in [4.69, 9.17) is 9.47 Å². The van der Waals surface area contributed by atoms with Crippen molar-refractivity contribution in [2.75, 3.05) is 11.9 Å². The van der Waals surface area contributed by atoms with Gasteiger partial charge in [0.25, 0.3) is 5.91 Å². The summed E-state index contributed by atoms with van der Waals surface area (Å²) in [5, 5.41) is 2.81. The van der Waals surface area contributed by atoms with Crippen molar-refractivity contribution >= 4 is 11.6 Å². The molecule has 0 radical (unpaired) electrons. The molecule has 8 nitrogen and oxygen atoms in total. The van der Waals surface area contributed by atoms with Gasteiger partial charge in [-0.05, 0) is 56.7 Å². The molecule has 0 unspecified atom stereocenters. The first kappa shape index (κ1) is 21.0. The Balaban J connectivity index is 1.36. The molecule has 0 saturated carbocycles. The summed E-state index contributed by atoms with van der Waals surface area (Å²) in [7, 11) is 0. The van der Waals surface area contributed by atoms with Crippen LogP contribution >= 0.6 is 0 Å². The molecule has 32 heavy (non-hydrogen) atoms. The molecule has 0 aliphatic heterocycles. The molecule has 0 saturated heterocycles. The second-order valence-corrected chi connectivity index (χ2v) is 7.23. The fraction of sp³-hybridized carbons (Fsp3) is 0.167. The van der Waals surface area contributed by atoms with E-state index in [-0.39, 0.29) is 12.5 Å². The fourth-order valence-corrected chi connectivity index (χ4v) is 3.03. The highest BCUT2D eigenvalue weighted by Gasteiger charge is 2.09. The summed E-state index contributed by atoms with van der Waals surface area (Å²) in [6.07, 6.45) is 3.17. The Bertz CT molecular complexity index is 1230. The van der Waals surface area contributed by atoms with E-state index in [0.29, 0.717) is 28.9 Å². The summed E-state index contributed by atoms with van der Waals surface area (Å²) >= 11 is 0. The van der Waals surface area contributed by atoms with Crippen molar-refractivity contribution in [1.82, 2.24) is 19.5 Å². The van der Waals surface area contributed by atoms with Crippen LogP contribution in [0.25, 0.3) is 5.82 Å². The van der Waals surface area contributed by atoms with Crippen molar-refractivity contribution in [3.8, 4) is 23.2 Å². The lowest BCUT2D eigenvalue weighted by Gasteiger charge is -2.10. The van der Waals surface area contributed by atoms with E-state index in [0.717, 1.165) is 17.0 Å². The second-order valence-electron chi connectivity index (χ2n) is 7.23. The number of rotatable bonds is 7. The molecule has 0 aliphatic rings. The lowest BCUT2D eigenvalue weighted by molar-refractivity contribution is -0.118.